The summed E-state index contributed by atoms with van der Waals surface area (Å²) in [5.74, 6) is -1.41. The molecule has 0 saturated heterocycles. The van der Waals surface area contributed by atoms with Crippen LogP contribution in [-0.4, -0.2) is 18.1 Å². The predicted octanol–water partition coefficient (Wildman–Crippen LogP) is 2.11. The SMILES string of the molecule is COC(=O)c1c[nH]c2c(F)ccc(Cl)c2c1=O. The molecule has 0 aliphatic carbocycles. The molecule has 0 atom stereocenters. The van der Waals surface area contributed by atoms with E-state index >= 15 is 0 Å². The maximum Gasteiger partial charge on any atom is 0.343 e. The van der Waals surface area contributed by atoms with Gasteiger partial charge in [-0.1, -0.05) is 11.6 Å². The molecule has 1 heterocycles. The number of carbonyl (C=O) groups excluding carboxylic acids is 1. The van der Waals surface area contributed by atoms with Crippen LogP contribution in [0.2, 0.25) is 5.02 Å². The van der Waals surface area contributed by atoms with Crippen molar-refractivity contribution in [1.29, 1.82) is 0 Å². The number of pyridine rings is 1. The van der Waals surface area contributed by atoms with E-state index in [0.29, 0.717) is 0 Å². The molecule has 1 aromatic carbocycles. The Morgan fingerprint density at radius 3 is 2.82 bits per heavy atom. The molecule has 6 heteroatoms. The molecule has 17 heavy (non-hydrogen) atoms. The van der Waals surface area contributed by atoms with Crippen LogP contribution in [0.4, 0.5) is 4.39 Å². The number of fused-ring (bicyclic) bond motifs is 1. The lowest BCUT2D eigenvalue weighted by atomic mass is 10.1. The summed E-state index contributed by atoms with van der Waals surface area (Å²) < 4.78 is 17.9. The molecular weight excluding hydrogens is 249 g/mol. The molecule has 2 rings (SSSR count). The lowest BCUT2D eigenvalue weighted by Gasteiger charge is -2.04. The van der Waals surface area contributed by atoms with E-state index in [9.17, 15) is 14.0 Å². The van der Waals surface area contributed by atoms with Crippen molar-refractivity contribution in [2.24, 2.45) is 0 Å². The Labute approximate surface area is 100.0 Å². The van der Waals surface area contributed by atoms with E-state index in [-0.39, 0.29) is 21.5 Å². The number of hydrogen-bond donors (Lipinski definition) is 1. The summed E-state index contributed by atoms with van der Waals surface area (Å²) in [5, 5.41) is 0.0166. The zero-order valence-electron chi connectivity index (χ0n) is 8.71. The summed E-state index contributed by atoms with van der Waals surface area (Å²) in [5.41, 5.74) is -0.905. The highest BCUT2D eigenvalue weighted by molar-refractivity contribution is 6.35. The number of carbonyl (C=O) groups is 1. The number of hydrogen-bond acceptors (Lipinski definition) is 3. The van der Waals surface area contributed by atoms with Crippen molar-refractivity contribution in [2.75, 3.05) is 7.11 Å². The van der Waals surface area contributed by atoms with E-state index in [0.717, 1.165) is 19.4 Å². The molecule has 4 nitrogen and oxygen atoms in total. The first kappa shape index (κ1) is 11.6. The first-order chi connectivity index (χ1) is 8.06. The summed E-state index contributed by atoms with van der Waals surface area (Å²) in [7, 11) is 1.15. The predicted molar refractivity (Wildman–Crippen MR) is 60.9 cm³/mol. The Morgan fingerprint density at radius 2 is 2.18 bits per heavy atom. The van der Waals surface area contributed by atoms with Crippen LogP contribution >= 0.6 is 11.6 Å². The van der Waals surface area contributed by atoms with Crippen LogP contribution in [0.15, 0.2) is 23.1 Å². The molecule has 0 fully saturated rings. The lowest BCUT2D eigenvalue weighted by Crippen LogP contribution is -2.17. The Balaban J connectivity index is 2.89. The van der Waals surface area contributed by atoms with E-state index < -0.39 is 17.2 Å². The number of ether oxygens (including phenoxy) is 1. The topological polar surface area (TPSA) is 59.2 Å². The van der Waals surface area contributed by atoms with Crippen LogP contribution < -0.4 is 5.43 Å². The summed E-state index contributed by atoms with van der Waals surface area (Å²) in [6.45, 7) is 0. The Hall–Kier alpha value is -1.88. The zero-order valence-corrected chi connectivity index (χ0v) is 9.47. The minimum Gasteiger partial charge on any atom is -0.465 e. The first-order valence-electron chi connectivity index (χ1n) is 4.64. The fourth-order valence-electron chi connectivity index (χ4n) is 1.52. The summed E-state index contributed by atoms with van der Waals surface area (Å²) in [4.78, 5) is 25.7. The number of esters is 1. The van der Waals surface area contributed by atoms with Crippen molar-refractivity contribution in [3.63, 3.8) is 0 Å². The maximum atomic E-state index is 13.4. The van der Waals surface area contributed by atoms with Gasteiger partial charge in [0.1, 0.15) is 11.4 Å². The molecule has 1 aromatic heterocycles. The van der Waals surface area contributed by atoms with E-state index in [1.165, 1.54) is 6.07 Å². The third-order valence-electron chi connectivity index (χ3n) is 2.34. The highest BCUT2D eigenvalue weighted by atomic mass is 35.5. The second kappa shape index (κ2) is 4.18. The quantitative estimate of drug-likeness (QED) is 0.794. The highest BCUT2D eigenvalue weighted by Crippen LogP contribution is 2.21. The zero-order chi connectivity index (χ0) is 12.6. The average molecular weight is 256 g/mol. The largest absolute Gasteiger partial charge is 0.465 e. The highest BCUT2D eigenvalue weighted by Gasteiger charge is 2.16. The van der Waals surface area contributed by atoms with Crippen molar-refractivity contribution in [3.05, 3.63) is 45.0 Å². The molecule has 0 bridgehead atoms. The minimum absolute atomic E-state index is 0.0323. The summed E-state index contributed by atoms with van der Waals surface area (Å²) in [6, 6.07) is 2.40. The van der Waals surface area contributed by atoms with Crippen molar-refractivity contribution >= 4 is 28.5 Å². The van der Waals surface area contributed by atoms with Gasteiger partial charge in [0.05, 0.1) is 23.0 Å². The molecule has 88 valence electrons. The van der Waals surface area contributed by atoms with Gasteiger partial charge < -0.3 is 9.72 Å². The summed E-state index contributed by atoms with van der Waals surface area (Å²) in [6.07, 6.45) is 1.11. The number of aromatic amines is 1. The van der Waals surface area contributed by atoms with E-state index in [1.54, 1.807) is 0 Å². The van der Waals surface area contributed by atoms with E-state index in [4.69, 9.17) is 11.6 Å². The van der Waals surface area contributed by atoms with Gasteiger partial charge in [0.25, 0.3) is 0 Å². The fraction of sp³-hybridized carbons (Fsp3) is 0.0909. The molecule has 0 spiro atoms. The number of rotatable bonds is 1. The van der Waals surface area contributed by atoms with E-state index in [1.807, 2.05) is 0 Å². The second-order valence-corrected chi connectivity index (χ2v) is 3.71. The molecule has 0 amide bonds. The lowest BCUT2D eigenvalue weighted by molar-refractivity contribution is 0.0599. The molecule has 0 aliphatic heterocycles. The molecule has 0 radical (unpaired) electrons. The minimum atomic E-state index is -0.798. The number of halogens is 2. The summed E-state index contributed by atoms with van der Waals surface area (Å²) >= 11 is 5.82. The molecular formula is C11H7ClFNO3. The van der Waals surface area contributed by atoms with Crippen LogP contribution in [0.1, 0.15) is 10.4 Å². The third-order valence-corrected chi connectivity index (χ3v) is 2.66. The number of methoxy groups -OCH3 is 1. The normalized spacial score (nSPS) is 10.5. The Morgan fingerprint density at radius 1 is 1.47 bits per heavy atom. The van der Waals surface area contributed by atoms with Crippen molar-refractivity contribution in [1.82, 2.24) is 4.98 Å². The van der Waals surface area contributed by atoms with Crippen LogP contribution in [-0.2, 0) is 4.74 Å². The molecule has 1 N–H and O–H groups in total. The van der Waals surface area contributed by atoms with Gasteiger partial charge in [-0.15, -0.1) is 0 Å². The van der Waals surface area contributed by atoms with Gasteiger partial charge in [0, 0.05) is 6.20 Å². The van der Waals surface area contributed by atoms with Crippen LogP contribution in [0.25, 0.3) is 10.9 Å². The van der Waals surface area contributed by atoms with E-state index in [2.05, 4.69) is 9.72 Å². The maximum absolute atomic E-state index is 13.4. The van der Waals surface area contributed by atoms with Gasteiger partial charge in [-0.25, -0.2) is 9.18 Å². The Kier molecular flexibility index (Phi) is 2.85. The van der Waals surface area contributed by atoms with Gasteiger partial charge >= 0.3 is 5.97 Å². The molecule has 0 aliphatic rings. The van der Waals surface area contributed by atoms with Gasteiger partial charge in [-0.05, 0) is 12.1 Å². The standard InChI is InChI=1S/C11H7ClFNO3/c1-17-11(16)5-4-14-9-7(13)3-2-6(12)8(9)10(5)15/h2-4H,1H3,(H,14,15). The van der Waals surface area contributed by atoms with Gasteiger partial charge in [0.15, 0.2) is 0 Å². The monoisotopic (exact) mass is 255 g/mol. The van der Waals surface area contributed by atoms with Crippen LogP contribution in [0.3, 0.4) is 0 Å². The number of H-pyrrole nitrogens is 1. The molecule has 2 aromatic rings. The van der Waals surface area contributed by atoms with Crippen LogP contribution in [0.5, 0.6) is 0 Å². The average Bonchev–Trinajstić information content (AvgIpc) is 2.33. The van der Waals surface area contributed by atoms with Gasteiger partial charge in [0.2, 0.25) is 5.43 Å². The Bertz CT molecular complexity index is 666. The van der Waals surface area contributed by atoms with Crippen molar-refractivity contribution in [2.45, 2.75) is 0 Å². The molecule has 0 unspecified atom stereocenters. The third kappa shape index (κ3) is 1.78. The fourth-order valence-corrected chi connectivity index (χ4v) is 1.76. The first-order valence-corrected chi connectivity index (χ1v) is 5.01. The smallest absolute Gasteiger partial charge is 0.343 e. The van der Waals surface area contributed by atoms with Gasteiger partial charge in [-0.2, -0.15) is 0 Å². The number of benzene rings is 1. The van der Waals surface area contributed by atoms with Gasteiger partial charge in [-0.3, -0.25) is 4.79 Å². The van der Waals surface area contributed by atoms with Crippen molar-refractivity contribution in [3.8, 4) is 0 Å². The molecule has 0 saturated carbocycles. The number of aromatic nitrogens is 1. The second-order valence-electron chi connectivity index (χ2n) is 3.30. The number of nitrogens with one attached hydrogen (secondary N) is 1. The van der Waals surface area contributed by atoms with Crippen LogP contribution in [0, 0.1) is 5.82 Å². The van der Waals surface area contributed by atoms with Crippen molar-refractivity contribution < 1.29 is 13.9 Å².